The first-order valence-corrected chi connectivity index (χ1v) is 6.38. The van der Waals surface area contributed by atoms with Gasteiger partial charge >= 0.3 is 0 Å². The molecule has 1 heterocycles. The lowest BCUT2D eigenvalue weighted by molar-refractivity contribution is -0.0875. The van der Waals surface area contributed by atoms with E-state index >= 15 is 0 Å². The Morgan fingerprint density at radius 2 is 2.11 bits per heavy atom. The monoisotopic (exact) mass is 263 g/mol. The SMILES string of the molecule is COc1ccc(Cl)cc1C1(C2(C#N)CC2)COC1. The number of benzene rings is 1. The van der Waals surface area contributed by atoms with Crippen LogP contribution in [0.2, 0.25) is 5.02 Å². The Morgan fingerprint density at radius 3 is 2.56 bits per heavy atom. The zero-order chi connectivity index (χ0) is 12.8. The van der Waals surface area contributed by atoms with E-state index in [1.165, 1.54) is 0 Å². The normalized spacial score (nSPS) is 22.7. The van der Waals surface area contributed by atoms with Crippen molar-refractivity contribution < 1.29 is 9.47 Å². The zero-order valence-electron chi connectivity index (χ0n) is 10.2. The summed E-state index contributed by atoms with van der Waals surface area (Å²) >= 11 is 6.10. The maximum absolute atomic E-state index is 9.47. The van der Waals surface area contributed by atoms with E-state index < -0.39 is 0 Å². The third kappa shape index (κ3) is 1.39. The Hall–Kier alpha value is -1.24. The van der Waals surface area contributed by atoms with Crippen molar-refractivity contribution >= 4 is 11.6 Å². The van der Waals surface area contributed by atoms with E-state index in [9.17, 15) is 5.26 Å². The molecule has 0 amide bonds. The summed E-state index contributed by atoms with van der Waals surface area (Å²) in [5, 5.41) is 10.1. The highest BCUT2D eigenvalue weighted by Crippen LogP contribution is 2.63. The third-order valence-corrected chi connectivity index (χ3v) is 4.49. The van der Waals surface area contributed by atoms with Crippen LogP contribution in [0.1, 0.15) is 18.4 Å². The van der Waals surface area contributed by atoms with Gasteiger partial charge in [0.15, 0.2) is 0 Å². The molecule has 0 atom stereocenters. The first-order valence-electron chi connectivity index (χ1n) is 6.00. The van der Waals surface area contributed by atoms with E-state index in [0.717, 1.165) is 24.2 Å². The van der Waals surface area contributed by atoms with Crippen molar-refractivity contribution in [2.75, 3.05) is 20.3 Å². The quantitative estimate of drug-likeness (QED) is 0.842. The maximum Gasteiger partial charge on any atom is 0.122 e. The van der Waals surface area contributed by atoms with Crippen LogP contribution >= 0.6 is 11.6 Å². The van der Waals surface area contributed by atoms with Crippen molar-refractivity contribution in [2.45, 2.75) is 18.3 Å². The van der Waals surface area contributed by atoms with E-state index in [1.54, 1.807) is 7.11 Å². The Bertz CT molecular complexity index is 527. The van der Waals surface area contributed by atoms with Crippen molar-refractivity contribution in [2.24, 2.45) is 5.41 Å². The van der Waals surface area contributed by atoms with Crippen molar-refractivity contribution in [1.82, 2.24) is 0 Å². The molecule has 1 aromatic carbocycles. The molecule has 4 heteroatoms. The average Bonchev–Trinajstić information content (AvgIpc) is 3.09. The summed E-state index contributed by atoms with van der Waals surface area (Å²) in [5.41, 5.74) is 0.490. The van der Waals surface area contributed by atoms with Gasteiger partial charge in [-0.2, -0.15) is 5.26 Å². The van der Waals surface area contributed by atoms with Crippen LogP contribution in [0.4, 0.5) is 0 Å². The van der Waals surface area contributed by atoms with Gasteiger partial charge in [0.1, 0.15) is 5.75 Å². The molecule has 0 N–H and O–H groups in total. The molecule has 1 aliphatic heterocycles. The molecular weight excluding hydrogens is 250 g/mol. The number of hydrogen-bond donors (Lipinski definition) is 0. The number of ether oxygens (including phenoxy) is 2. The second-order valence-corrected chi connectivity index (χ2v) is 5.55. The fraction of sp³-hybridized carbons (Fsp3) is 0.500. The van der Waals surface area contributed by atoms with E-state index in [-0.39, 0.29) is 10.8 Å². The number of hydrogen-bond acceptors (Lipinski definition) is 3. The molecule has 2 aliphatic rings. The number of nitriles is 1. The van der Waals surface area contributed by atoms with Crippen LogP contribution < -0.4 is 4.74 Å². The smallest absolute Gasteiger partial charge is 0.122 e. The van der Waals surface area contributed by atoms with E-state index in [0.29, 0.717) is 18.2 Å². The highest BCUT2D eigenvalue weighted by atomic mass is 35.5. The van der Waals surface area contributed by atoms with Crippen LogP contribution in [-0.4, -0.2) is 20.3 Å². The number of halogens is 1. The van der Waals surface area contributed by atoms with Gasteiger partial charge in [0.25, 0.3) is 0 Å². The number of rotatable bonds is 3. The molecule has 0 bridgehead atoms. The van der Waals surface area contributed by atoms with Crippen LogP contribution in [0.15, 0.2) is 18.2 Å². The average molecular weight is 264 g/mol. The van der Waals surface area contributed by atoms with E-state index in [4.69, 9.17) is 21.1 Å². The van der Waals surface area contributed by atoms with Gasteiger partial charge in [0, 0.05) is 10.6 Å². The van der Waals surface area contributed by atoms with Crippen LogP contribution in [0.3, 0.4) is 0 Å². The Morgan fingerprint density at radius 1 is 1.39 bits per heavy atom. The highest BCUT2D eigenvalue weighted by molar-refractivity contribution is 6.30. The molecule has 2 fully saturated rings. The summed E-state index contributed by atoms with van der Waals surface area (Å²) in [7, 11) is 1.64. The second-order valence-electron chi connectivity index (χ2n) is 5.11. The summed E-state index contributed by atoms with van der Waals surface area (Å²) in [6, 6.07) is 8.08. The van der Waals surface area contributed by atoms with Crippen molar-refractivity contribution in [3.8, 4) is 11.8 Å². The summed E-state index contributed by atoms with van der Waals surface area (Å²) in [5.74, 6) is 0.796. The van der Waals surface area contributed by atoms with Gasteiger partial charge in [-0.25, -0.2) is 0 Å². The molecule has 1 aliphatic carbocycles. The minimum absolute atomic E-state index is 0.238. The first kappa shape index (κ1) is 11.8. The highest BCUT2D eigenvalue weighted by Gasteiger charge is 2.65. The zero-order valence-corrected chi connectivity index (χ0v) is 11.0. The topological polar surface area (TPSA) is 42.2 Å². The molecule has 0 unspecified atom stereocenters. The largest absolute Gasteiger partial charge is 0.496 e. The molecule has 0 spiro atoms. The molecule has 3 nitrogen and oxygen atoms in total. The summed E-state index contributed by atoms with van der Waals surface area (Å²) in [6.45, 7) is 1.16. The van der Waals surface area contributed by atoms with Gasteiger partial charge in [0.05, 0.1) is 37.2 Å². The predicted octanol–water partition coefficient (Wildman–Crippen LogP) is 2.92. The predicted molar refractivity (Wildman–Crippen MR) is 67.8 cm³/mol. The molecule has 3 rings (SSSR count). The van der Waals surface area contributed by atoms with Gasteiger partial charge in [-0.15, -0.1) is 0 Å². The Labute approximate surface area is 111 Å². The minimum atomic E-state index is -0.288. The van der Waals surface area contributed by atoms with Crippen LogP contribution in [0.25, 0.3) is 0 Å². The number of nitrogens with zero attached hydrogens (tertiary/aromatic N) is 1. The molecule has 1 saturated carbocycles. The van der Waals surface area contributed by atoms with Crippen molar-refractivity contribution in [1.29, 1.82) is 5.26 Å². The summed E-state index contributed by atoms with van der Waals surface area (Å²) in [4.78, 5) is 0. The molecule has 1 aromatic rings. The first-order chi connectivity index (χ1) is 8.67. The van der Waals surface area contributed by atoms with Crippen LogP contribution in [-0.2, 0) is 10.2 Å². The van der Waals surface area contributed by atoms with Crippen molar-refractivity contribution in [3.05, 3.63) is 28.8 Å². The van der Waals surface area contributed by atoms with Gasteiger partial charge in [0.2, 0.25) is 0 Å². The van der Waals surface area contributed by atoms with Crippen LogP contribution in [0.5, 0.6) is 5.75 Å². The fourth-order valence-corrected chi connectivity index (χ4v) is 3.04. The molecule has 0 radical (unpaired) electrons. The Balaban J connectivity index is 2.13. The van der Waals surface area contributed by atoms with Crippen molar-refractivity contribution in [3.63, 3.8) is 0 Å². The third-order valence-electron chi connectivity index (χ3n) is 4.25. The van der Waals surface area contributed by atoms with Gasteiger partial charge in [-0.1, -0.05) is 11.6 Å². The lowest BCUT2D eigenvalue weighted by atomic mass is 9.66. The van der Waals surface area contributed by atoms with Gasteiger partial charge < -0.3 is 9.47 Å². The lowest BCUT2D eigenvalue weighted by Gasteiger charge is -2.46. The number of methoxy groups -OCH3 is 1. The summed E-state index contributed by atoms with van der Waals surface area (Å²) in [6.07, 6.45) is 1.87. The van der Waals surface area contributed by atoms with Crippen LogP contribution in [0, 0.1) is 16.7 Å². The molecule has 0 aromatic heterocycles. The molecule has 1 saturated heterocycles. The lowest BCUT2D eigenvalue weighted by Crippen LogP contribution is -2.53. The van der Waals surface area contributed by atoms with E-state index in [1.807, 2.05) is 18.2 Å². The minimum Gasteiger partial charge on any atom is -0.496 e. The van der Waals surface area contributed by atoms with Gasteiger partial charge in [-0.05, 0) is 31.0 Å². The standard InChI is InChI=1S/C14H14ClNO2/c1-17-12-3-2-10(15)6-11(12)14(8-18-9-14)13(7-16)4-5-13/h2-3,6H,4-5,8-9H2,1H3. The fourth-order valence-electron chi connectivity index (χ4n) is 2.87. The van der Waals surface area contributed by atoms with E-state index in [2.05, 4.69) is 6.07 Å². The molecule has 18 heavy (non-hydrogen) atoms. The Kier molecular flexibility index (Phi) is 2.55. The second kappa shape index (κ2) is 3.88. The molecular formula is C14H14ClNO2. The molecule has 94 valence electrons. The maximum atomic E-state index is 9.47. The van der Waals surface area contributed by atoms with Gasteiger partial charge in [-0.3, -0.25) is 0 Å². The summed E-state index contributed by atoms with van der Waals surface area (Å²) < 4.78 is 10.8.